The van der Waals surface area contributed by atoms with Gasteiger partial charge in [0.15, 0.2) is 0 Å². The Balaban J connectivity index is 1.49. The maximum Gasteiger partial charge on any atom is 0.411 e. The first kappa shape index (κ1) is 20.4. The molecule has 1 amide bonds. The Morgan fingerprint density at radius 2 is 2.10 bits per heavy atom. The summed E-state index contributed by atoms with van der Waals surface area (Å²) in [6.45, 7) is -0.534. The van der Waals surface area contributed by atoms with Gasteiger partial charge >= 0.3 is 6.18 Å². The van der Waals surface area contributed by atoms with Gasteiger partial charge in [-0.2, -0.15) is 13.2 Å². The van der Waals surface area contributed by atoms with Crippen LogP contribution in [0, 0.1) is 5.92 Å². The number of aromatic nitrogens is 2. The van der Waals surface area contributed by atoms with Crippen LogP contribution in [0.25, 0.3) is 0 Å². The highest BCUT2D eigenvalue weighted by atomic mass is 19.4. The fourth-order valence-electron chi connectivity index (χ4n) is 3.88. The van der Waals surface area contributed by atoms with Crippen LogP contribution in [0.2, 0.25) is 0 Å². The van der Waals surface area contributed by atoms with E-state index in [0.717, 1.165) is 17.5 Å². The largest absolute Gasteiger partial charge is 0.475 e. The van der Waals surface area contributed by atoms with E-state index in [1.807, 2.05) is 18.2 Å². The average molecular weight is 422 g/mol. The quantitative estimate of drug-likeness (QED) is 0.815. The Morgan fingerprint density at radius 3 is 2.90 bits per heavy atom. The molecule has 0 spiro atoms. The molecule has 1 aliphatic heterocycles. The van der Waals surface area contributed by atoms with Crippen molar-refractivity contribution in [3.8, 4) is 5.88 Å². The predicted molar refractivity (Wildman–Crippen MR) is 102 cm³/mol. The lowest BCUT2D eigenvalue weighted by Gasteiger charge is -2.27. The number of nitrogen functional groups attached to an aromatic ring is 1. The SMILES string of the molecule is Nc1ncnc2c1C(=O)N(c1ccc3c(c1)CCC(COCC(F)(F)F)C3)CCO2. The standard InChI is InChI=1S/C20H21F3N4O3/c21-20(22,23)10-29-9-12-1-2-14-8-15(4-3-13(14)7-12)27-5-6-30-18-16(19(27)28)17(24)25-11-26-18/h3-4,8,11-12H,1-2,5-7,9-10H2,(H2,24,25,26). The molecule has 0 saturated carbocycles. The molecular weight excluding hydrogens is 401 g/mol. The van der Waals surface area contributed by atoms with Crippen LogP contribution >= 0.6 is 0 Å². The van der Waals surface area contributed by atoms with Crippen LogP contribution in [-0.4, -0.2) is 48.4 Å². The summed E-state index contributed by atoms with van der Waals surface area (Å²) in [6.07, 6.45) is -0.963. The number of hydrogen-bond acceptors (Lipinski definition) is 6. The van der Waals surface area contributed by atoms with Crippen LogP contribution in [0.4, 0.5) is 24.7 Å². The Labute approximate surface area is 171 Å². The number of anilines is 2. The molecule has 0 radical (unpaired) electrons. The molecule has 1 aromatic heterocycles. The highest BCUT2D eigenvalue weighted by molar-refractivity contribution is 6.10. The number of fused-ring (bicyclic) bond motifs is 2. The van der Waals surface area contributed by atoms with E-state index >= 15 is 0 Å². The lowest BCUT2D eigenvalue weighted by Crippen LogP contribution is -2.33. The summed E-state index contributed by atoms with van der Waals surface area (Å²) in [5.41, 5.74) is 8.88. The smallest absolute Gasteiger partial charge is 0.411 e. The van der Waals surface area contributed by atoms with Crippen LogP contribution in [0.1, 0.15) is 27.9 Å². The molecule has 1 aromatic carbocycles. The Hall–Kier alpha value is -2.88. The number of alkyl halides is 3. The molecule has 30 heavy (non-hydrogen) atoms. The van der Waals surface area contributed by atoms with Crippen LogP contribution in [0.3, 0.4) is 0 Å². The number of hydrogen-bond donors (Lipinski definition) is 1. The Kier molecular flexibility index (Phi) is 5.50. The van der Waals surface area contributed by atoms with Crippen molar-refractivity contribution >= 4 is 17.4 Å². The topological polar surface area (TPSA) is 90.6 Å². The zero-order valence-corrected chi connectivity index (χ0v) is 16.1. The normalized spacial score (nSPS) is 19.0. The molecule has 0 bridgehead atoms. The van der Waals surface area contributed by atoms with Crippen LogP contribution in [0.15, 0.2) is 24.5 Å². The molecule has 1 unspecified atom stereocenters. The minimum Gasteiger partial charge on any atom is -0.475 e. The maximum absolute atomic E-state index is 13.1. The van der Waals surface area contributed by atoms with E-state index in [-0.39, 0.29) is 42.3 Å². The lowest BCUT2D eigenvalue weighted by atomic mass is 9.84. The molecule has 1 aliphatic carbocycles. The van der Waals surface area contributed by atoms with Crippen molar-refractivity contribution in [2.24, 2.45) is 5.92 Å². The van der Waals surface area contributed by atoms with E-state index < -0.39 is 12.8 Å². The van der Waals surface area contributed by atoms with Crippen LogP contribution in [-0.2, 0) is 17.6 Å². The van der Waals surface area contributed by atoms with E-state index in [4.69, 9.17) is 15.2 Å². The number of rotatable bonds is 4. The van der Waals surface area contributed by atoms with Gasteiger partial charge in [-0.25, -0.2) is 9.97 Å². The van der Waals surface area contributed by atoms with Crippen molar-refractivity contribution in [3.05, 3.63) is 41.2 Å². The van der Waals surface area contributed by atoms with Crippen molar-refractivity contribution in [2.45, 2.75) is 25.4 Å². The third kappa shape index (κ3) is 4.33. The number of nitrogens with two attached hydrogens (primary N) is 1. The molecule has 4 rings (SSSR count). The molecule has 1 atom stereocenters. The van der Waals surface area contributed by atoms with Crippen molar-refractivity contribution in [1.82, 2.24) is 9.97 Å². The predicted octanol–water partition coefficient (Wildman–Crippen LogP) is 2.78. The van der Waals surface area contributed by atoms with Gasteiger partial charge in [0.1, 0.15) is 30.9 Å². The second kappa shape index (κ2) is 8.10. The van der Waals surface area contributed by atoms with E-state index in [1.165, 1.54) is 6.33 Å². The second-order valence-electron chi connectivity index (χ2n) is 7.44. The molecule has 2 aliphatic rings. The summed E-state index contributed by atoms with van der Waals surface area (Å²) < 4.78 is 47.2. The van der Waals surface area contributed by atoms with Gasteiger partial charge in [-0.1, -0.05) is 6.07 Å². The minimum atomic E-state index is -4.31. The fraction of sp³-hybridized carbons (Fsp3) is 0.450. The number of amides is 1. The summed E-state index contributed by atoms with van der Waals surface area (Å²) in [4.78, 5) is 22.5. The first-order valence-electron chi connectivity index (χ1n) is 9.63. The highest BCUT2D eigenvalue weighted by Gasteiger charge is 2.30. The molecule has 2 heterocycles. The number of carbonyl (C=O) groups is 1. The van der Waals surface area contributed by atoms with E-state index in [1.54, 1.807) is 4.90 Å². The Morgan fingerprint density at radius 1 is 1.27 bits per heavy atom. The molecular formula is C20H21F3N4O3. The van der Waals surface area contributed by atoms with Crippen molar-refractivity contribution < 1.29 is 27.4 Å². The number of halogens is 3. The molecule has 160 valence electrons. The summed E-state index contributed by atoms with van der Waals surface area (Å²) in [6, 6.07) is 5.71. The van der Waals surface area contributed by atoms with Crippen LogP contribution in [0.5, 0.6) is 5.88 Å². The van der Waals surface area contributed by atoms with E-state index in [9.17, 15) is 18.0 Å². The summed E-state index contributed by atoms with van der Waals surface area (Å²) in [5.74, 6) is -0.0382. The average Bonchev–Trinajstić information content (AvgIpc) is 2.86. The van der Waals surface area contributed by atoms with Crippen LogP contribution < -0.4 is 15.4 Å². The van der Waals surface area contributed by atoms with E-state index in [2.05, 4.69) is 9.97 Å². The minimum absolute atomic E-state index is 0.0442. The third-order valence-electron chi connectivity index (χ3n) is 5.31. The fourth-order valence-corrected chi connectivity index (χ4v) is 3.88. The molecule has 0 fully saturated rings. The summed E-state index contributed by atoms with van der Waals surface area (Å²) in [7, 11) is 0. The van der Waals surface area contributed by atoms with Gasteiger partial charge in [-0.05, 0) is 48.4 Å². The zero-order chi connectivity index (χ0) is 21.3. The molecule has 2 aromatic rings. The van der Waals surface area contributed by atoms with Gasteiger partial charge in [0, 0.05) is 5.69 Å². The molecule has 10 heteroatoms. The monoisotopic (exact) mass is 422 g/mol. The third-order valence-corrected chi connectivity index (χ3v) is 5.31. The van der Waals surface area contributed by atoms with Crippen molar-refractivity contribution in [3.63, 3.8) is 0 Å². The Bertz CT molecular complexity index is 951. The van der Waals surface area contributed by atoms with Gasteiger partial charge in [0.2, 0.25) is 5.88 Å². The van der Waals surface area contributed by atoms with E-state index in [0.29, 0.717) is 25.1 Å². The second-order valence-corrected chi connectivity index (χ2v) is 7.44. The summed E-state index contributed by atoms with van der Waals surface area (Å²) in [5, 5.41) is 0. The van der Waals surface area contributed by atoms with Crippen molar-refractivity contribution in [2.75, 3.05) is 37.0 Å². The number of ether oxygens (including phenoxy) is 2. The van der Waals surface area contributed by atoms with Gasteiger partial charge < -0.3 is 20.1 Å². The first-order chi connectivity index (χ1) is 14.3. The first-order valence-corrected chi connectivity index (χ1v) is 9.63. The molecule has 2 N–H and O–H groups in total. The molecule has 0 saturated heterocycles. The van der Waals surface area contributed by atoms with Gasteiger partial charge in [-0.15, -0.1) is 0 Å². The number of carbonyl (C=O) groups excluding carboxylic acids is 1. The molecule has 7 nitrogen and oxygen atoms in total. The van der Waals surface area contributed by atoms with Gasteiger partial charge in [0.05, 0.1) is 13.2 Å². The van der Waals surface area contributed by atoms with Crippen molar-refractivity contribution in [1.29, 1.82) is 0 Å². The maximum atomic E-state index is 13.1. The lowest BCUT2D eigenvalue weighted by molar-refractivity contribution is -0.176. The van der Waals surface area contributed by atoms with Gasteiger partial charge in [0.25, 0.3) is 5.91 Å². The number of aryl methyl sites for hydroxylation is 1. The van der Waals surface area contributed by atoms with Gasteiger partial charge in [-0.3, -0.25) is 4.79 Å². The summed E-state index contributed by atoms with van der Waals surface area (Å²) >= 11 is 0. The number of nitrogens with zero attached hydrogens (tertiary/aromatic N) is 3. The zero-order valence-electron chi connectivity index (χ0n) is 16.1. The highest BCUT2D eigenvalue weighted by Crippen LogP contribution is 2.32. The number of benzene rings is 1.